The van der Waals surface area contributed by atoms with Crippen LogP contribution in [0.25, 0.3) is 0 Å². The molecule has 0 radical (unpaired) electrons. The van der Waals surface area contributed by atoms with Gasteiger partial charge in [0.05, 0.1) is 15.7 Å². The molecule has 0 aliphatic heterocycles. The Bertz CT molecular complexity index is 684. The Morgan fingerprint density at radius 2 is 2.05 bits per heavy atom. The minimum Gasteiger partial charge on any atom is -0.325 e. The minimum absolute atomic E-state index is 0.0119. The maximum absolute atomic E-state index is 12.1. The van der Waals surface area contributed by atoms with Gasteiger partial charge in [0.1, 0.15) is 6.54 Å². The van der Waals surface area contributed by atoms with Gasteiger partial charge in [0.15, 0.2) is 12.3 Å². The number of hydrogen-bond acceptors (Lipinski definition) is 3. The van der Waals surface area contributed by atoms with E-state index in [1.165, 1.54) is 11.8 Å². The van der Waals surface area contributed by atoms with E-state index in [1.807, 2.05) is 13.1 Å². The Morgan fingerprint density at radius 1 is 1.27 bits per heavy atom. The van der Waals surface area contributed by atoms with Crippen LogP contribution in [0.1, 0.15) is 22.2 Å². The Labute approximate surface area is 142 Å². The van der Waals surface area contributed by atoms with Crippen molar-refractivity contribution in [3.05, 3.63) is 50.6 Å². The summed E-state index contributed by atoms with van der Waals surface area (Å²) >= 11 is 5.12. The van der Waals surface area contributed by atoms with Crippen LogP contribution in [-0.2, 0) is 11.3 Å². The third kappa shape index (κ3) is 5.05. The molecule has 0 aliphatic carbocycles. The smallest absolute Gasteiger partial charge is 0.279 e. The average Bonchev–Trinajstić information content (AvgIpc) is 2.83. The van der Waals surface area contributed by atoms with Crippen molar-refractivity contribution >= 4 is 44.6 Å². The summed E-state index contributed by atoms with van der Waals surface area (Å²) in [4.78, 5) is 25.8. The zero-order valence-electron chi connectivity index (χ0n) is 12.5. The number of likely N-dealkylation sites (N-methyl/N-ethyl adjacent to an activating group) is 1. The number of thiophene rings is 1. The first-order chi connectivity index (χ1) is 10.4. The maximum atomic E-state index is 12.1. The predicted octanol–water partition coefficient (Wildman–Crippen LogP) is 2.37. The van der Waals surface area contributed by atoms with Gasteiger partial charge in [-0.15, -0.1) is 11.3 Å². The largest absolute Gasteiger partial charge is 0.325 e. The van der Waals surface area contributed by atoms with Gasteiger partial charge in [-0.25, -0.2) is 0 Å². The third-order valence-corrected chi connectivity index (χ3v) is 4.74. The van der Waals surface area contributed by atoms with Crippen LogP contribution >= 0.6 is 27.3 Å². The summed E-state index contributed by atoms with van der Waals surface area (Å²) in [5.74, 6) is -0.0732. The van der Waals surface area contributed by atoms with Crippen molar-refractivity contribution < 1.29 is 14.5 Å². The van der Waals surface area contributed by atoms with Crippen molar-refractivity contribution in [3.63, 3.8) is 0 Å². The topological polar surface area (TPSA) is 50.6 Å². The van der Waals surface area contributed by atoms with Crippen molar-refractivity contribution in [2.24, 2.45) is 0 Å². The maximum Gasteiger partial charge on any atom is 0.279 e. The second kappa shape index (κ2) is 7.67. The van der Waals surface area contributed by atoms with Crippen LogP contribution in [0, 0.1) is 0 Å². The molecule has 0 aliphatic rings. The molecule has 2 rings (SSSR count). The number of hydrogen-bond donors (Lipinski definition) is 2. The van der Waals surface area contributed by atoms with Crippen molar-refractivity contribution in [1.82, 2.24) is 0 Å². The number of Topliss-reactive ketones (excluding diaryl/α,β-unsaturated/α-hetero) is 1. The van der Waals surface area contributed by atoms with Crippen LogP contribution in [0.15, 0.2) is 40.2 Å². The molecule has 22 heavy (non-hydrogen) atoms. The molecule has 1 amide bonds. The van der Waals surface area contributed by atoms with E-state index in [-0.39, 0.29) is 11.7 Å². The predicted molar refractivity (Wildman–Crippen MR) is 92.6 cm³/mol. The summed E-state index contributed by atoms with van der Waals surface area (Å²) in [6, 6.07) is 11.1. The zero-order chi connectivity index (χ0) is 16.1. The number of ketones is 1. The van der Waals surface area contributed by atoms with Gasteiger partial charge in [-0.2, -0.15) is 0 Å². The Hall–Kier alpha value is -1.50. The Balaban J connectivity index is 1.89. The fraction of sp³-hybridized carbons (Fsp3) is 0.250. The van der Waals surface area contributed by atoms with Crippen LogP contribution in [0.5, 0.6) is 0 Å². The van der Waals surface area contributed by atoms with Gasteiger partial charge in [-0.3, -0.25) is 9.59 Å². The van der Waals surface area contributed by atoms with E-state index in [1.54, 1.807) is 35.6 Å². The number of carbonyl (C=O) groups is 2. The summed E-state index contributed by atoms with van der Waals surface area (Å²) in [5.41, 5.74) is 1.26. The van der Waals surface area contributed by atoms with Crippen molar-refractivity contribution in [2.45, 2.75) is 13.5 Å². The molecule has 2 N–H and O–H groups in total. The molecule has 0 bridgehead atoms. The number of halogens is 1. The van der Waals surface area contributed by atoms with Gasteiger partial charge in [-0.1, -0.05) is 12.1 Å². The average molecular weight is 382 g/mol. The fourth-order valence-corrected chi connectivity index (χ4v) is 3.70. The second-order valence-electron chi connectivity index (χ2n) is 5.20. The molecule has 6 heteroatoms. The van der Waals surface area contributed by atoms with Gasteiger partial charge < -0.3 is 10.2 Å². The quantitative estimate of drug-likeness (QED) is 0.754. The van der Waals surface area contributed by atoms with Crippen LogP contribution in [0.2, 0.25) is 0 Å². The number of carbonyl (C=O) groups excluding carboxylic acids is 2. The van der Waals surface area contributed by atoms with Crippen LogP contribution < -0.4 is 10.2 Å². The highest BCUT2D eigenvalue weighted by molar-refractivity contribution is 9.11. The Kier molecular flexibility index (Phi) is 5.88. The molecular weight excluding hydrogens is 364 g/mol. The molecule has 0 saturated carbocycles. The fourth-order valence-electron chi connectivity index (χ4n) is 2.10. The van der Waals surface area contributed by atoms with Crippen LogP contribution in [0.4, 0.5) is 5.69 Å². The molecule has 1 atom stereocenters. The number of anilines is 1. The molecule has 4 nitrogen and oxygen atoms in total. The SMILES string of the molecule is CC(=O)c1cccc(NC(=O)C[NH+](C)Cc2ccc(Br)s2)c1. The third-order valence-electron chi connectivity index (χ3n) is 3.12. The number of nitrogens with one attached hydrogen (secondary N) is 2. The Morgan fingerprint density at radius 3 is 2.68 bits per heavy atom. The monoisotopic (exact) mass is 381 g/mol. The van der Waals surface area contributed by atoms with Gasteiger partial charge in [0.25, 0.3) is 5.91 Å². The van der Waals surface area contributed by atoms with Crippen molar-refractivity contribution in [2.75, 3.05) is 18.9 Å². The molecule has 1 aromatic carbocycles. The highest BCUT2D eigenvalue weighted by Crippen LogP contribution is 2.21. The molecule has 1 unspecified atom stereocenters. The summed E-state index contributed by atoms with van der Waals surface area (Å²) in [7, 11) is 1.99. The lowest BCUT2D eigenvalue weighted by atomic mass is 10.1. The number of rotatable bonds is 6. The normalized spacial score (nSPS) is 12.0. The lowest BCUT2D eigenvalue weighted by Gasteiger charge is -2.13. The molecule has 0 fully saturated rings. The molecule has 116 valence electrons. The van der Waals surface area contributed by atoms with Crippen molar-refractivity contribution in [3.8, 4) is 0 Å². The van der Waals surface area contributed by atoms with Crippen molar-refractivity contribution in [1.29, 1.82) is 0 Å². The lowest BCUT2D eigenvalue weighted by molar-refractivity contribution is -0.884. The van der Waals surface area contributed by atoms with E-state index in [0.717, 1.165) is 15.2 Å². The van der Waals surface area contributed by atoms with Gasteiger partial charge in [-0.05, 0) is 47.1 Å². The highest BCUT2D eigenvalue weighted by Gasteiger charge is 2.12. The standard InChI is InChI=1S/C16H17BrN2O2S/c1-11(20)12-4-3-5-13(8-12)18-16(21)10-19(2)9-14-6-7-15(17)22-14/h3-8H,9-10H2,1-2H3,(H,18,21)/p+1. The molecule has 0 saturated heterocycles. The second-order valence-corrected chi connectivity index (χ2v) is 7.75. The van der Waals surface area contributed by atoms with E-state index < -0.39 is 0 Å². The minimum atomic E-state index is -0.0613. The molecule has 1 aromatic heterocycles. The number of amides is 1. The van der Waals surface area contributed by atoms with Crippen LogP contribution in [0.3, 0.4) is 0 Å². The van der Waals surface area contributed by atoms with E-state index in [9.17, 15) is 9.59 Å². The van der Waals surface area contributed by atoms with E-state index >= 15 is 0 Å². The van der Waals surface area contributed by atoms with Crippen LogP contribution in [-0.4, -0.2) is 25.3 Å². The molecule has 0 spiro atoms. The summed E-state index contributed by atoms with van der Waals surface area (Å²) < 4.78 is 1.10. The van der Waals surface area contributed by atoms with Gasteiger partial charge in [0.2, 0.25) is 0 Å². The lowest BCUT2D eigenvalue weighted by Crippen LogP contribution is -3.08. The first-order valence-electron chi connectivity index (χ1n) is 6.90. The van der Waals surface area contributed by atoms with Gasteiger partial charge >= 0.3 is 0 Å². The molecular formula is C16H18BrN2O2S+. The first-order valence-corrected chi connectivity index (χ1v) is 8.51. The van der Waals surface area contributed by atoms with E-state index in [0.29, 0.717) is 17.8 Å². The van der Waals surface area contributed by atoms with Gasteiger partial charge in [0, 0.05) is 11.3 Å². The van der Waals surface area contributed by atoms with E-state index in [2.05, 4.69) is 27.3 Å². The first kappa shape index (κ1) is 16.9. The summed E-state index contributed by atoms with van der Waals surface area (Å²) in [6.45, 7) is 2.69. The highest BCUT2D eigenvalue weighted by atomic mass is 79.9. The number of benzene rings is 1. The summed E-state index contributed by atoms with van der Waals surface area (Å²) in [5, 5.41) is 2.84. The number of quaternary nitrogens is 1. The zero-order valence-corrected chi connectivity index (χ0v) is 14.9. The summed E-state index contributed by atoms with van der Waals surface area (Å²) in [6.07, 6.45) is 0. The van der Waals surface area contributed by atoms with E-state index in [4.69, 9.17) is 0 Å². The molecule has 1 heterocycles. The molecule has 2 aromatic rings.